The molecular weight excluding hydrogens is 542 g/mol. The van der Waals surface area contributed by atoms with Gasteiger partial charge < -0.3 is 30.5 Å². The third kappa shape index (κ3) is 6.79. The van der Waals surface area contributed by atoms with Crippen LogP contribution in [0.15, 0.2) is 66.7 Å². The summed E-state index contributed by atoms with van der Waals surface area (Å²) >= 11 is 0. The Morgan fingerprint density at radius 1 is 1.00 bits per heavy atom. The van der Waals surface area contributed by atoms with Crippen LogP contribution in [0.4, 0.5) is 11.4 Å². The number of methoxy groups -OCH3 is 1. The molecule has 5 rings (SSSR count). The molecule has 2 heterocycles. The fourth-order valence-electron chi connectivity index (χ4n) is 5.73. The van der Waals surface area contributed by atoms with Crippen LogP contribution in [0.3, 0.4) is 0 Å². The van der Waals surface area contributed by atoms with Gasteiger partial charge in [-0.2, -0.15) is 0 Å². The van der Waals surface area contributed by atoms with E-state index in [9.17, 15) is 14.4 Å². The molecule has 0 aromatic heterocycles. The second kappa shape index (κ2) is 13.2. The fraction of sp³-hybridized carbons (Fsp3) is 0.324. The van der Waals surface area contributed by atoms with E-state index in [1.54, 1.807) is 18.2 Å². The van der Waals surface area contributed by atoms with E-state index in [0.717, 1.165) is 43.7 Å². The molecule has 2 amide bonds. The van der Waals surface area contributed by atoms with Crippen LogP contribution < -0.4 is 16.0 Å². The van der Waals surface area contributed by atoms with Crippen molar-refractivity contribution in [3.63, 3.8) is 0 Å². The van der Waals surface area contributed by atoms with Crippen LogP contribution in [0.2, 0.25) is 0 Å². The van der Waals surface area contributed by atoms with Crippen LogP contribution in [0.5, 0.6) is 0 Å². The zero-order valence-corrected chi connectivity index (χ0v) is 25.2. The van der Waals surface area contributed by atoms with Gasteiger partial charge in [-0.15, -0.1) is 0 Å². The molecule has 0 radical (unpaired) electrons. The molecule has 9 nitrogen and oxygen atoms in total. The van der Waals surface area contributed by atoms with E-state index in [2.05, 4.69) is 39.8 Å². The Balaban J connectivity index is 1.31. The average molecular weight is 582 g/mol. The first-order valence-electron chi connectivity index (χ1n) is 14.6. The molecule has 1 saturated heterocycles. The third-order valence-electron chi connectivity index (χ3n) is 8.24. The molecule has 0 spiro atoms. The van der Waals surface area contributed by atoms with Crippen molar-refractivity contribution in [2.75, 3.05) is 58.0 Å². The third-order valence-corrected chi connectivity index (χ3v) is 8.24. The first-order chi connectivity index (χ1) is 20.7. The SMILES string of the molecule is COC(=O)c1cc2c(cc1C)/C(=C(/Nc1ccc(C(=O)NCCN3CCC(N(C)C)CC3)cc1)c1ccccc1)C(=O)N2. The van der Waals surface area contributed by atoms with Crippen molar-refractivity contribution < 1.29 is 19.1 Å². The van der Waals surface area contributed by atoms with Crippen molar-refractivity contribution in [3.05, 3.63) is 94.5 Å². The van der Waals surface area contributed by atoms with E-state index in [1.165, 1.54) is 7.11 Å². The minimum atomic E-state index is -0.456. The largest absolute Gasteiger partial charge is 0.465 e. The number of hydrogen-bond acceptors (Lipinski definition) is 7. The number of likely N-dealkylation sites (tertiary alicyclic amines) is 1. The molecule has 3 aromatic rings. The number of carbonyl (C=O) groups is 3. The second-order valence-electron chi connectivity index (χ2n) is 11.3. The van der Waals surface area contributed by atoms with Crippen LogP contribution in [0.25, 0.3) is 11.3 Å². The Kier molecular flexibility index (Phi) is 9.23. The molecule has 0 aliphatic carbocycles. The van der Waals surface area contributed by atoms with Crippen LogP contribution in [0, 0.1) is 6.92 Å². The summed E-state index contributed by atoms with van der Waals surface area (Å²) in [6.45, 7) is 5.35. The van der Waals surface area contributed by atoms with Gasteiger partial charge in [-0.1, -0.05) is 30.3 Å². The van der Waals surface area contributed by atoms with Gasteiger partial charge in [0.25, 0.3) is 11.8 Å². The highest BCUT2D eigenvalue weighted by molar-refractivity contribution is 6.37. The molecule has 9 heteroatoms. The highest BCUT2D eigenvalue weighted by atomic mass is 16.5. The fourth-order valence-corrected chi connectivity index (χ4v) is 5.73. The molecule has 0 atom stereocenters. The number of nitrogens with one attached hydrogen (secondary N) is 3. The lowest BCUT2D eigenvalue weighted by Crippen LogP contribution is -2.44. The van der Waals surface area contributed by atoms with Crippen LogP contribution in [-0.2, 0) is 9.53 Å². The van der Waals surface area contributed by atoms with Gasteiger partial charge in [0.15, 0.2) is 0 Å². The standard InChI is InChI=1S/C34H39N5O4/c1-22-20-28-29(21-27(22)34(42)43-4)37-33(41)30(28)31(23-8-6-5-7-9-23)36-25-12-10-24(11-13-25)32(40)35-16-19-39-17-14-26(15-18-39)38(2)3/h5-13,20-21,26,36H,14-19H2,1-4H3,(H,35,40)(H,37,41)/b31-30-. The molecule has 3 aromatic carbocycles. The molecule has 43 heavy (non-hydrogen) atoms. The van der Waals surface area contributed by atoms with Gasteiger partial charge in [0.1, 0.15) is 0 Å². The lowest BCUT2D eigenvalue weighted by atomic mass is 9.96. The van der Waals surface area contributed by atoms with Gasteiger partial charge in [-0.05, 0) is 94.5 Å². The van der Waals surface area contributed by atoms with E-state index in [4.69, 9.17) is 4.74 Å². The second-order valence-corrected chi connectivity index (χ2v) is 11.3. The van der Waals surface area contributed by atoms with Crippen LogP contribution >= 0.6 is 0 Å². The van der Waals surface area contributed by atoms with Crippen molar-refractivity contribution in [1.29, 1.82) is 0 Å². The van der Waals surface area contributed by atoms with E-state index >= 15 is 0 Å². The number of carbonyl (C=O) groups excluding carboxylic acids is 3. The summed E-state index contributed by atoms with van der Waals surface area (Å²) in [5.74, 6) is -0.843. The number of esters is 1. The number of hydrogen-bond donors (Lipinski definition) is 3. The number of fused-ring (bicyclic) bond motifs is 1. The monoisotopic (exact) mass is 581 g/mol. The van der Waals surface area contributed by atoms with Crippen molar-refractivity contribution in [1.82, 2.24) is 15.1 Å². The first kappa shape index (κ1) is 30.0. The number of nitrogens with zero attached hydrogens (tertiary/aromatic N) is 2. The van der Waals surface area contributed by atoms with Crippen molar-refractivity contribution >= 4 is 40.4 Å². The quantitative estimate of drug-likeness (QED) is 0.253. The van der Waals surface area contributed by atoms with Gasteiger partial charge in [0, 0.05) is 35.9 Å². The van der Waals surface area contributed by atoms with Crippen LogP contribution in [0.1, 0.15) is 50.2 Å². The summed E-state index contributed by atoms with van der Waals surface area (Å²) < 4.78 is 4.90. The van der Waals surface area contributed by atoms with E-state index < -0.39 is 5.97 Å². The zero-order valence-electron chi connectivity index (χ0n) is 25.2. The maximum Gasteiger partial charge on any atom is 0.338 e. The maximum absolute atomic E-state index is 13.3. The predicted octanol–water partition coefficient (Wildman–Crippen LogP) is 4.47. The number of ether oxygens (including phenoxy) is 1. The number of aryl methyl sites for hydroxylation is 1. The summed E-state index contributed by atoms with van der Waals surface area (Å²) in [6, 6.07) is 21.0. The Labute approximate surface area is 252 Å². The minimum absolute atomic E-state index is 0.114. The highest BCUT2D eigenvalue weighted by Gasteiger charge is 2.30. The average Bonchev–Trinajstić information content (AvgIpc) is 3.34. The van der Waals surface area contributed by atoms with Crippen molar-refractivity contribution in [2.24, 2.45) is 0 Å². The number of amides is 2. The molecule has 2 aliphatic heterocycles. The molecule has 3 N–H and O–H groups in total. The van der Waals surface area contributed by atoms with Gasteiger partial charge in [-0.3, -0.25) is 9.59 Å². The number of benzene rings is 3. The van der Waals surface area contributed by atoms with Gasteiger partial charge in [0.05, 0.1) is 29.6 Å². The summed E-state index contributed by atoms with van der Waals surface area (Å²) in [5.41, 5.74) is 5.58. The molecule has 0 saturated carbocycles. The summed E-state index contributed by atoms with van der Waals surface area (Å²) in [4.78, 5) is 43.1. The zero-order chi connectivity index (χ0) is 30.5. The van der Waals surface area contributed by atoms with Crippen molar-refractivity contribution in [3.8, 4) is 0 Å². The van der Waals surface area contributed by atoms with Crippen molar-refractivity contribution in [2.45, 2.75) is 25.8 Å². The lowest BCUT2D eigenvalue weighted by molar-refractivity contribution is -0.110. The topological polar surface area (TPSA) is 103 Å². The van der Waals surface area contributed by atoms with Gasteiger partial charge in [0.2, 0.25) is 0 Å². The normalized spacial score (nSPS) is 16.4. The Hall–Kier alpha value is -4.47. The van der Waals surface area contributed by atoms with Gasteiger partial charge in [-0.25, -0.2) is 4.79 Å². The molecule has 0 bridgehead atoms. The van der Waals surface area contributed by atoms with E-state index in [1.807, 2.05) is 55.5 Å². The molecule has 2 aliphatic rings. The highest BCUT2D eigenvalue weighted by Crippen LogP contribution is 2.39. The summed E-state index contributed by atoms with van der Waals surface area (Å²) in [5, 5.41) is 9.37. The lowest BCUT2D eigenvalue weighted by Gasteiger charge is -2.35. The Morgan fingerprint density at radius 3 is 2.35 bits per heavy atom. The Bertz CT molecular complexity index is 1520. The maximum atomic E-state index is 13.3. The number of rotatable bonds is 9. The summed E-state index contributed by atoms with van der Waals surface area (Å²) in [6.07, 6.45) is 2.30. The van der Waals surface area contributed by atoms with E-state index in [-0.39, 0.29) is 11.8 Å². The van der Waals surface area contributed by atoms with Crippen LogP contribution in [-0.4, -0.2) is 81.0 Å². The molecule has 1 fully saturated rings. The number of anilines is 2. The summed E-state index contributed by atoms with van der Waals surface area (Å²) in [7, 11) is 5.60. The smallest absolute Gasteiger partial charge is 0.338 e. The van der Waals surface area contributed by atoms with E-state index in [0.29, 0.717) is 51.8 Å². The van der Waals surface area contributed by atoms with Gasteiger partial charge >= 0.3 is 5.97 Å². The predicted molar refractivity (Wildman–Crippen MR) is 170 cm³/mol. The first-order valence-corrected chi connectivity index (χ1v) is 14.6. The molecule has 224 valence electrons. The molecule has 0 unspecified atom stereocenters. The minimum Gasteiger partial charge on any atom is -0.465 e. The molecular formula is C34H39N5O4. The number of piperidine rings is 1. The Morgan fingerprint density at radius 2 is 1.70 bits per heavy atom.